The Kier molecular flexibility index (Phi) is 9.51. The Labute approximate surface area is 169 Å². The van der Waals surface area contributed by atoms with E-state index in [2.05, 4.69) is 0 Å². The van der Waals surface area contributed by atoms with Gasteiger partial charge in [-0.1, -0.05) is 0 Å². The van der Waals surface area contributed by atoms with E-state index in [1.165, 1.54) is 24.3 Å². The van der Waals surface area contributed by atoms with Crippen LogP contribution in [0.1, 0.15) is 20.7 Å². The van der Waals surface area contributed by atoms with Crippen molar-refractivity contribution in [1.82, 2.24) is 0 Å². The van der Waals surface area contributed by atoms with Gasteiger partial charge in [0.25, 0.3) is 0 Å². The third-order valence-corrected chi connectivity index (χ3v) is 3.72. The van der Waals surface area contributed by atoms with E-state index in [0.29, 0.717) is 0 Å². The Bertz CT molecular complexity index is 659. The number of carbonyl (C=O) groups is 2. The van der Waals surface area contributed by atoms with Gasteiger partial charge in [0.1, 0.15) is 22.6 Å². The van der Waals surface area contributed by atoms with Crippen LogP contribution in [0.5, 0.6) is 11.5 Å². The Morgan fingerprint density at radius 2 is 1.04 bits per heavy atom. The zero-order valence-corrected chi connectivity index (χ0v) is 16.4. The first-order valence-corrected chi connectivity index (χ1v) is 7.81. The fourth-order valence-corrected chi connectivity index (χ4v) is 2.34. The second-order valence-electron chi connectivity index (χ2n) is 3.93. The van der Waals surface area contributed by atoms with Crippen molar-refractivity contribution < 1.29 is 47.1 Å². The number of halogens is 2. The third kappa shape index (κ3) is 6.94. The molecule has 0 spiro atoms. The molecule has 4 N–H and O–H groups in total. The van der Waals surface area contributed by atoms with E-state index >= 15 is 0 Å². The normalized spacial score (nSPS) is 9.13. The Hall–Kier alpha value is -1.04. The zero-order valence-electron chi connectivity index (χ0n) is 11.1. The summed E-state index contributed by atoms with van der Waals surface area (Å²) in [5.74, 6) is -2.61. The third-order valence-electron chi connectivity index (χ3n) is 2.38. The molecule has 0 saturated carbocycles. The van der Waals surface area contributed by atoms with Gasteiger partial charge in [0.2, 0.25) is 0 Å². The number of phenols is 2. The fourth-order valence-electron chi connectivity index (χ4n) is 1.36. The van der Waals surface area contributed by atoms with E-state index in [-0.39, 0.29) is 39.7 Å². The second kappa shape index (κ2) is 9.96. The summed E-state index contributed by atoms with van der Waals surface area (Å²) in [5, 5.41) is 35.1. The van der Waals surface area contributed by atoms with Crippen LogP contribution >= 0.6 is 45.2 Å². The number of carboxylic acid groups (broad SMARTS) is 2. The maximum absolute atomic E-state index is 10.4. The molecule has 0 fully saturated rings. The number of aromatic hydroxyl groups is 2. The van der Waals surface area contributed by atoms with Crippen molar-refractivity contribution >= 4 is 57.1 Å². The van der Waals surface area contributed by atoms with E-state index in [1.54, 1.807) is 12.1 Å². The largest absolute Gasteiger partial charge is 0.507 e. The predicted octanol–water partition coefficient (Wildman–Crippen LogP) is 3.39. The van der Waals surface area contributed by atoms with Crippen molar-refractivity contribution in [2.75, 3.05) is 0 Å². The average Bonchev–Trinajstić information content (AvgIpc) is 2.44. The van der Waals surface area contributed by atoms with E-state index < -0.39 is 11.9 Å². The molecule has 1 radical (unpaired) electrons. The monoisotopic (exact) mass is 591 g/mol. The zero-order chi connectivity index (χ0) is 16.9. The molecular formula is C14H10CuI2O6. The van der Waals surface area contributed by atoms with Crippen molar-refractivity contribution in [2.24, 2.45) is 0 Å². The molecule has 9 heteroatoms. The van der Waals surface area contributed by atoms with E-state index in [0.717, 1.165) is 7.14 Å². The van der Waals surface area contributed by atoms with E-state index in [1.807, 2.05) is 45.2 Å². The predicted molar refractivity (Wildman–Crippen MR) is 95.6 cm³/mol. The van der Waals surface area contributed by atoms with E-state index in [4.69, 9.17) is 20.4 Å². The first kappa shape index (κ1) is 22.0. The maximum Gasteiger partial charge on any atom is 0.339 e. The summed E-state index contributed by atoms with van der Waals surface area (Å²) in [4.78, 5) is 20.8. The molecule has 0 bridgehead atoms. The Morgan fingerprint density at radius 3 is 1.26 bits per heavy atom. The molecule has 0 amide bonds. The van der Waals surface area contributed by atoms with Crippen LogP contribution in [0.2, 0.25) is 0 Å². The molecule has 0 aliphatic carbocycles. The van der Waals surface area contributed by atoms with E-state index in [9.17, 15) is 9.59 Å². The van der Waals surface area contributed by atoms with Crippen LogP contribution in [0.25, 0.3) is 0 Å². The van der Waals surface area contributed by atoms with Crippen molar-refractivity contribution in [2.45, 2.75) is 0 Å². The molecule has 6 nitrogen and oxygen atoms in total. The van der Waals surface area contributed by atoms with Crippen molar-refractivity contribution in [1.29, 1.82) is 0 Å². The minimum Gasteiger partial charge on any atom is -0.507 e. The Balaban J connectivity index is 0.000000403. The Morgan fingerprint density at radius 1 is 0.739 bits per heavy atom. The average molecular weight is 592 g/mol. The minimum atomic E-state index is -1.11. The van der Waals surface area contributed by atoms with Crippen LogP contribution in [-0.4, -0.2) is 32.4 Å². The van der Waals surface area contributed by atoms with Crippen LogP contribution in [0.3, 0.4) is 0 Å². The van der Waals surface area contributed by atoms with Gasteiger partial charge in [-0.05, 0) is 81.6 Å². The molecule has 2 rings (SSSR count). The molecule has 0 atom stereocenters. The van der Waals surface area contributed by atoms with Gasteiger partial charge in [-0.15, -0.1) is 0 Å². The molecule has 0 aromatic heterocycles. The van der Waals surface area contributed by atoms with Gasteiger partial charge in [-0.25, -0.2) is 9.59 Å². The van der Waals surface area contributed by atoms with Gasteiger partial charge in [-0.3, -0.25) is 0 Å². The van der Waals surface area contributed by atoms with Gasteiger partial charge in [0, 0.05) is 24.2 Å². The first-order valence-electron chi connectivity index (χ1n) is 5.66. The maximum atomic E-state index is 10.4. The molecule has 0 aliphatic rings. The van der Waals surface area contributed by atoms with Crippen LogP contribution in [0, 0.1) is 7.14 Å². The molecular weight excluding hydrogens is 582 g/mol. The van der Waals surface area contributed by atoms with Gasteiger partial charge in [0.15, 0.2) is 0 Å². The summed E-state index contributed by atoms with van der Waals surface area (Å²) in [6.45, 7) is 0. The first-order chi connectivity index (χ1) is 10.2. The summed E-state index contributed by atoms with van der Waals surface area (Å²) in [5.41, 5.74) is -0.117. The number of hydrogen-bond acceptors (Lipinski definition) is 4. The SMILES string of the molecule is O=C(O)c1cc(I)ccc1O.O=C(O)c1cc(I)ccc1O.[Cu]. The number of aromatic carboxylic acids is 2. The second-order valence-corrected chi connectivity index (χ2v) is 6.42. The molecule has 2 aromatic carbocycles. The molecule has 2 aromatic rings. The molecule has 0 aliphatic heterocycles. The molecule has 127 valence electrons. The summed E-state index contributed by atoms with van der Waals surface area (Å²) in [6.07, 6.45) is 0. The van der Waals surface area contributed by atoms with Crippen LogP contribution in [-0.2, 0) is 17.1 Å². The van der Waals surface area contributed by atoms with Crippen molar-refractivity contribution in [3.8, 4) is 11.5 Å². The molecule has 23 heavy (non-hydrogen) atoms. The summed E-state index contributed by atoms with van der Waals surface area (Å²) in [6, 6.07) is 8.84. The summed E-state index contributed by atoms with van der Waals surface area (Å²) >= 11 is 3.96. The quantitative estimate of drug-likeness (QED) is 0.315. The summed E-state index contributed by atoms with van der Waals surface area (Å²) in [7, 11) is 0. The number of rotatable bonds is 2. The van der Waals surface area contributed by atoms with Crippen LogP contribution in [0.4, 0.5) is 0 Å². The minimum absolute atomic E-state index is 0. The standard InChI is InChI=1S/2C7H5IO3.Cu/c2*8-4-1-2-6(9)5(3-4)7(10)11;/h2*1-3,9H,(H,10,11);. The van der Waals surface area contributed by atoms with Gasteiger partial charge >= 0.3 is 11.9 Å². The molecule has 0 unspecified atom stereocenters. The van der Waals surface area contributed by atoms with Crippen LogP contribution in [0.15, 0.2) is 36.4 Å². The molecule has 0 heterocycles. The fraction of sp³-hybridized carbons (Fsp3) is 0. The smallest absolute Gasteiger partial charge is 0.339 e. The van der Waals surface area contributed by atoms with Gasteiger partial charge in [-0.2, -0.15) is 0 Å². The molecule has 0 saturated heterocycles. The van der Waals surface area contributed by atoms with Gasteiger partial charge in [0.05, 0.1) is 0 Å². The summed E-state index contributed by atoms with van der Waals surface area (Å²) < 4.78 is 1.58. The van der Waals surface area contributed by atoms with Crippen molar-refractivity contribution in [3.63, 3.8) is 0 Å². The van der Waals surface area contributed by atoms with Crippen LogP contribution < -0.4 is 0 Å². The number of hydrogen-bond donors (Lipinski definition) is 4. The topological polar surface area (TPSA) is 115 Å². The van der Waals surface area contributed by atoms with Crippen molar-refractivity contribution in [3.05, 3.63) is 54.7 Å². The number of carboxylic acids is 2. The number of benzene rings is 2. The van der Waals surface area contributed by atoms with Gasteiger partial charge < -0.3 is 20.4 Å².